The molecule has 6 nitrogen and oxygen atoms in total. The summed E-state index contributed by atoms with van der Waals surface area (Å²) in [5.74, 6) is 0. The van der Waals surface area contributed by atoms with Gasteiger partial charge in [-0.2, -0.15) is 17.0 Å². The number of nitrogens with one attached hydrogen (secondary N) is 1. The fourth-order valence-corrected chi connectivity index (χ4v) is 3.93. The average molecular weight is 321 g/mol. The molecule has 0 amide bonds. The number of hydrogen-bond donors (Lipinski definition) is 1. The predicted molar refractivity (Wildman–Crippen MR) is 87.6 cm³/mol. The van der Waals surface area contributed by atoms with Crippen molar-refractivity contribution >= 4 is 10.2 Å². The quantitative estimate of drug-likeness (QED) is 0.632. The first-order valence-corrected chi connectivity index (χ1v) is 9.49. The van der Waals surface area contributed by atoms with Crippen LogP contribution in [0.1, 0.15) is 33.6 Å². The number of nitrogens with zero attached hydrogens (tertiary/aromatic N) is 3. The lowest BCUT2D eigenvalue weighted by atomic mass is 10.2. The van der Waals surface area contributed by atoms with Crippen LogP contribution in [-0.4, -0.2) is 80.8 Å². The molecule has 1 atom stereocenters. The molecular weight excluding hydrogens is 288 g/mol. The normalized spacial score (nSPS) is 20.0. The highest BCUT2D eigenvalue weighted by Gasteiger charge is 2.30. The summed E-state index contributed by atoms with van der Waals surface area (Å²) < 4.78 is 28.1. The molecule has 7 heteroatoms. The predicted octanol–water partition coefficient (Wildman–Crippen LogP) is 0.579. The van der Waals surface area contributed by atoms with Gasteiger partial charge in [0.25, 0.3) is 10.2 Å². The average Bonchev–Trinajstić information content (AvgIpc) is 2.50. The first-order chi connectivity index (χ1) is 9.93. The van der Waals surface area contributed by atoms with Crippen molar-refractivity contribution in [2.45, 2.75) is 39.7 Å². The van der Waals surface area contributed by atoms with E-state index in [4.69, 9.17) is 0 Å². The standard InChI is InChI=1S/C14H32N4O2S/c1-5-14(3)17-10-12-18(13-11-17)21(19,20)16(4)9-7-8-15-6-2/h14-15H,5-13H2,1-4H3. The maximum atomic E-state index is 12.5. The molecule has 1 N–H and O–H groups in total. The molecule has 0 saturated carbocycles. The van der Waals surface area contributed by atoms with Crippen molar-refractivity contribution in [3.63, 3.8) is 0 Å². The molecule has 0 aliphatic carbocycles. The van der Waals surface area contributed by atoms with Gasteiger partial charge in [-0.15, -0.1) is 0 Å². The Hall–Kier alpha value is -0.210. The Morgan fingerprint density at radius 1 is 1.19 bits per heavy atom. The van der Waals surface area contributed by atoms with Gasteiger partial charge in [0.05, 0.1) is 0 Å². The van der Waals surface area contributed by atoms with E-state index in [0.29, 0.717) is 25.7 Å². The Morgan fingerprint density at radius 2 is 1.81 bits per heavy atom. The molecule has 0 aromatic heterocycles. The van der Waals surface area contributed by atoms with E-state index in [9.17, 15) is 8.42 Å². The molecular formula is C14H32N4O2S. The van der Waals surface area contributed by atoms with Crippen LogP contribution in [0, 0.1) is 0 Å². The molecule has 1 aliphatic heterocycles. The third-order valence-corrected chi connectivity index (χ3v) is 6.27. The summed E-state index contributed by atoms with van der Waals surface area (Å²) in [6.07, 6.45) is 1.95. The van der Waals surface area contributed by atoms with Crippen molar-refractivity contribution in [1.29, 1.82) is 0 Å². The van der Waals surface area contributed by atoms with Crippen molar-refractivity contribution in [2.75, 3.05) is 52.9 Å². The summed E-state index contributed by atoms with van der Waals surface area (Å²) in [5.41, 5.74) is 0. The molecule has 1 aliphatic rings. The topological polar surface area (TPSA) is 55.9 Å². The molecule has 1 fully saturated rings. The molecule has 0 aromatic rings. The van der Waals surface area contributed by atoms with E-state index >= 15 is 0 Å². The Balaban J connectivity index is 2.44. The van der Waals surface area contributed by atoms with Crippen LogP contribution in [0.15, 0.2) is 0 Å². The second-order valence-corrected chi connectivity index (χ2v) is 7.76. The minimum Gasteiger partial charge on any atom is -0.317 e. The third-order valence-electron chi connectivity index (χ3n) is 4.28. The van der Waals surface area contributed by atoms with Crippen molar-refractivity contribution in [1.82, 2.24) is 18.8 Å². The largest absolute Gasteiger partial charge is 0.317 e. The van der Waals surface area contributed by atoms with E-state index in [0.717, 1.165) is 39.0 Å². The zero-order valence-electron chi connectivity index (χ0n) is 14.0. The molecule has 1 heterocycles. The van der Waals surface area contributed by atoms with E-state index in [1.807, 2.05) is 0 Å². The molecule has 1 unspecified atom stereocenters. The molecule has 0 radical (unpaired) electrons. The van der Waals surface area contributed by atoms with Crippen molar-refractivity contribution in [2.24, 2.45) is 0 Å². The Kier molecular flexibility index (Phi) is 8.12. The molecule has 0 spiro atoms. The van der Waals surface area contributed by atoms with Gasteiger partial charge >= 0.3 is 0 Å². The lowest BCUT2D eigenvalue weighted by Gasteiger charge is -2.38. The summed E-state index contributed by atoms with van der Waals surface area (Å²) >= 11 is 0. The van der Waals surface area contributed by atoms with Gasteiger partial charge in [0.1, 0.15) is 0 Å². The van der Waals surface area contributed by atoms with E-state index in [2.05, 4.69) is 31.0 Å². The number of piperazine rings is 1. The van der Waals surface area contributed by atoms with Crippen LogP contribution in [0.3, 0.4) is 0 Å². The van der Waals surface area contributed by atoms with Crippen LogP contribution in [-0.2, 0) is 10.2 Å². The number of hydrogen-bond acceptors (Lipinski definition) is 4. The minimum atomic E-state index is -3.29. The highest BCUT2D eigenvalue weighted by molar-refractivity contribution is 7.86. The summed E-state index contributed by atoms with van der Waals surface area (Å²) in [5, 5.41) is 3.22. The Bertz CT molecular complexity index is 380. The maximum Gasteiger partial charge on any atom is 0.281 e. The molecule has 21 heavy (non-hydrogen) atoms. The third kappa shape index (κ3) is 5.49. The van der Waals surface area contributed by atoms with Gasteiger partial charge < -0.3 is 5.32 Å². The van der Waals surface area contributed by atoms with Crippen LogP contribution in [0.5, 0.6) is 0 Å². The lowest BCUT2D eigenvalue weighted by Crippen LogP contribution is -2.54. The van der Waals surface area contributed by atoms with Gasteiger partial charge in [-0.05, 0) is 32.9 Å². The molecule has 126 valence electrons. The van der Waals surface area contributed by atoms with Crippen LogP contribution in [0.2, 0.25) is 0 Å². The second kappa shape index (κ2) is 9.05. The fourth-order valence-electron chi connectivity index (χ4n) is 2.55. The Labute approximate surface area is 130 Å². The molecule has 0 aromatic carbocycles. The van der Waals surface area contributed by atoms with E-state index in [-0.39, 0.29) is 0 Å². The first-order valence-electron chi connectivity index (χ1n) is 8.09. The number of rotatable bonds is 9. The van der Waals surface area contributed by atoms with Gasteiger partial charge in [0.15, 0.2) is 0 Å². The maximum absolute atomic E-state index is 12.5. The summed E-state index contributed by atoms with van der Waals surface area (Å²) in [6.45, 7) is 11.7. The zero-order valence-corrected chi connectivity index (χ0v) is 14.8. The molecule has 0 bridgehead atoms. The van der Waals surface area contributed by atoms with Gasteiger partial charge in [0, 0.05) is 45.8 Å². The smallest absolute Gasteiger partial charge is 0.281 e. The van der Waals surface area contributed by atoms with Crippen LogP contribution >= 0.6 is 0 Å². The lowest BCUT2D eigenvalue weighted by molar-refractivity contribution is 0.139. The highest BCUT2D eigenvalue weighted by atomic mass is 32.2. The van der Waals surface area contributed by atoms with Gasteiger partial charge in [-0.1, -0.05) is 13.8 Å². The van der Waals surface area contributed by atoms with Gasteiger partial charge in [-0.3, -0.25) is 4.90 Å². The SMILES string of the molecule is CCNCCCN(C)S(=O)(=O)N1CCN(C(C)CC)CC1. The molecule has 1 rings (SSSR count). The van der Waals surface area contributed by atoms with Gasteiger partial charge in [-0.25, -0.2) is 0 Å². The minimum absolute atomic E-state index is 0.535. The highest BCUT2D eigenvalue weighted by Crippen LogP contribution is 2.14. The molecule has 1 saturated heterocycles. The van der Waals surface area contributed by atoms with E-state index in [1.165, 1.54) is 4.31 Å². The summed E-state index contributed by atoms with van der Waals surface area (Å²) in [4.78, 5) is 2.37. The second-order valence-electron chi connectivity index (χ2n) is 5.73. The van der Waals surface area contributed by atoms with Crippen molar-refractivity contribution in [3.05, 3.63) is 0 Å². The Morgan fingerprint density at radius 3 is 2.33 bits per heavy atom. The summed E-state index contributed by atoms with van der Waals surface area (Å²) in [6, 6.07) is 0.535. The first kappa shape index (κ1) is 18.8. The van der Waals surface area contributed by atoms with Crippen molar-refractivity contribution < 1.29 is 8.42 Å². The van der Waals surface area contributed by atoms with Crippen LogP contribution in [0.25, 0.3) is 0 Å². The monoisotopic (exact) mass is 320 g/mol. The van der Waals surface area contributed by atoms with Crippen LogP contribution in [0.4, 0.5) is 0 Å². The fraction of sp³-hybridized carbons (Fsp3) is 1.00. The van der Waals surface area contributed by atoms with E-state index < -0.39 is 10.2 Å². The van der Waals surface area contributed by atoms with E-state index in [1.54, 1.807) is 11.4 Å². The van der Waals surface area contributed by atoms with Gasteiger partial charge in [0.2, 0.25) is 0 Å². The van der Waals surface area contributed by atoms with Crippen LogP contribution < -0.4 is 5.32 Å². The zero-order chi connectivity index (χ0) is 15.9. The van der Waals surface area contributed by atoms with Crippen molar-refractivity contribution in [3.8, 4) is 0 Å². The summed E-state index contributed by atoms with van der Waals surface area (Å²) in [7, 11) is -1.61.